The Morgan fingerprint density at radius 2 is 1.42 bits per heavy atom. The van der Waals surface area contributed by atoms with E-state index < -0.39 is 12.1 Å². The summed E-state index contributed by atoms with van der Waals surface area (Å²) in [5.41, 5.74) is 2.20. The largest absolute Gasteiger partial charge is 0.455 e. The maximum absolute atomic E-state index is 12.4. The van der Waals surface area contributed by atoms with Gasteiger partial charge in [0, 0.05) is 11.9 Å². The zero-order chi connectivity index (χ0) is 18.4. The van der Waals surface area contributed by atoms with E-state index in [1.807, 2.05) is 60.7 Å². The van der Waals surface area contributed by atoms with Crippen LogP contribution in [0.5, 0.6) is 0 Å². The van der Waals surface area contributed by atoms with Crippen LogP contribution in [0.2, 0.25) is 0 Å². The summed E-state index contributed by atoms with van der Waals surface area (Å²) in [5.74, 6) is -0.782. The van der Waals surface area contributed by atoms with Gasteiger partial charge in [0.2, 0.25) is 5.82 Å². The summed E-state index contributed by atoms with van der Waals surface area (Å²) in [5, 5.41) is 0. The van der Waals surface area contributed by atoms with Crippen molar-refractivity contribution in [2.45, 2.75) is 20.1 Å². The summed E-state index contributed by atoms with van der Waals surface area (Å²) in [4.78, 5) is 28.7. The normalized spacial score (nSPS) is 10.3. The van der Waals surface area contributed by atoms with Crippen LogP contribution in [-0.4, -0.2) is 21.6 Å². The van der Waals surface area contributed by atoms with Crippen molar-refractivity contribution in [3.63, 3.8) is 0 Å². The fourth-order valence-electron chi connectivity index (χ4n) is 2.38. The van der Waals surface area contributed by atoms with Crippen LogP contribution in [0.25, 0.3) is 0 Å². The van der Waals surface area contributed by atoms with Crippen LogP contribution in [-0.2, 0) is 22.7 Å². The molecular formula is C20H18N2O4. The molecule has 3 rings (SSSR count). The topological polar surface area (TPSA) is 70.4 Å². The van der Waals surface area contributed by atoms with E-state index in [1.165, 1.54) is 6.20 Å². The number of imidazole rings is 1. The van der Waals surface area contributed by atoms with Crippen molar-refractivity contribution in [3.8, 4) is 0 Å². The molecule has 0 bridgehead atoms. The molecule has 0 saturated carbocycles. The van der Waals surface area contributed by atoms with Crippen molar-refractivity contribution in [2.75, 3.05) is 0 Å². The first kappa shape index (κ1) is 17.4. The van der Waals surface area contributed by atoms with Crippen molar-refractivity contribution in [1.29, 1.82) is 0 Å². The highest BCUT2D eigenvalue weighted by Gasteiger charge is 2.22. The molecule has 6 nitrogen and oxygen atoms in total. The third-order valence-corrected chi connectivity index (χ3v) is 3.72. The minimum atomic E-state index is -0.682. The van der Waals surface area contributed by atoms with E-state index in [1.54, 1.807) is 6.92 Å². The third kappa shape index (κ3) is 4.16. The Balaban J connectivity index is 1.67. The molecule has 6 heteroatoms. The molecule has 0 saturated heterocycles. The third-order valence-electron chi connectivity index (χ3n) is 3.72. The fourth-order valence-corrected chi connectivity index (χ4v) is 2.38. The number of aryl methyl sites for hydroxylation is 1. The van der Waals surface area contributed by atoms with Gasteiger partial charge in [-0.15, -0.1) is 0 Å². The van der Waals surface area contributed by atoms with E-state index in [0.717, 1.165) is 15.7 Å². The van der Waals surface area contributed by atoms with Gasteiger partial charge in [-0.05, 0) is 18.1 Å². The highest BCUT2D eigenvalue weighted by Crippen LogP contribution is 2.11. The summed E-state index contributed by atoms with van der Waals surface area (Å²) in [7, 11) is 0. The predicted octanol–water partition coefficient (Wildman–Crippen LogP) is 3.73. The molecule has 0 aliphatic heterocycles. The second-order valence-corrected chi connectivity index (χ2v) is 5.66. The summed E-state index contributed by atoms with van der Waals surface area (Å²) >= 11 is 0. The monoisotopic (exact) mass is 350 g/mol. The van der Waals surface area contributed by atoms with Gasteiger partial charge in [0.05, 0.1) is 0 Å². The van der Waals surface area contributed by atoms with Gasteiger partial charge in [0.15, 0.2) is 0 Å². The lowest BCUT2D eigenvalue weighted by molar-refractivity contribution is 0.0449. The quantitative estimate of drug-likeness (QED) is 0.656. The van der Waals surface area contributed by atoms with Gasteiger partial charge in [-0.3, -0.25) is 0 Å². The molecule has 0 aliphatic rings. The van der Waals surface area contributed by atoms with Crippen LogP contribution in [0.15, 0.2) is 66.9 Å². The molecule has 0 atom stereocenters. The zero-order valence-corrected chi connectivity index (χ0v) is 14.3. The molecule has 0 unspecified atom stereocenters. The average molecular weight is 350 g/mol. The lowest BCUT2D eigenvalue weighted by Gasteiger charge is -2.10. The molecule has 0 N–H and O–H groups in total. The number of hydrogen-bond acceptors (Lipinski definition) is 5. The zero-order valence-electron chi connectivity index (χ0n) is 14.3. The second-order valence-electron chi connectivity index (χ2n) is 5.66. The maximum atomic E-state index is 12.4. The molecule has 1 aromatic heterocycles. The van der Waals surface area contributed by atoms with Gasteiger partial charge in [0.25, 0.3) is 0 Å². The second kappa shape index (κ2) is 8.11. The Labute approximate surface area is 151 Å². The first-order valence-electron chi connectivity index (χ1n) is 8.11. The average Bonchev–Trinajstić information content (AvgIpc) is 3.07. The standard InChI is InChI=1S/C20H18N2O4/c1-15-12-21-18(19(23)25-13-16-8-4-2-5-9-16)22(15)20(24)26-14-17-10-6-3-7-11-17/h2-12H,13-14H2,1H3. The van der Waals surface area contributed by atoms with E-state index in [-0.39, 0.29) is 19.0 Å². The summed E-state index contributed by atoms with van der Waals surface area (Å²) in [6, 6.07) is 18.6. The highest BCUT2D eigenvalue weighted by molar-refractivity contribution is 5.90. The molecule has 0 aliphatic carbocycles. The van der Waals surface area contributed by atoms with E-state index in [4.69, 9.17) is 9.47 Å². The van der Waals surface area contributed by atoms with Gasteiger partial charge in [-0.25, -0.2) is 19.1 Å². The number of nitrogens with zero attached hydrogens (tertiary/aromatic N) is 2. The summed E-state index contributed by atoms with van der Waals surface area (Å²) < 4.78 is 11.7. The number of esters is 1. The Morgan fingerprint density at radius 3 is 2.00 bits per heavy atom. The van der Waals surface area contributed by atoms with Crippen molar-refractivity contribution in [1.82, 2.24) is 9.55 Å². The smallest absolute Gasteiger partial charge is 0.420 e. The Kier molecular flexibility index (Phi) is 5.43. The molecule has 0 fully saturated rings. The summed E-state index contributed by atoms with van der Waals surface area (Å²) in [6.45, 7) is 1.88. The number of benzene rings is 2. The number of rotatable bonds is 5. The van der Waals surface area contributed by atoms with Gasteiger partial charge in [-0.1, -0.05) is 60.7 Å². The molecule has 0 spiro atoms. The Bertz CT molecular complexity index is 889. The SMILES string of the molecule is Cc1cnc(C(=O)OCc2ccccc2)n1C(=O)OCc1ccccc1. The first-order chi connectivity index (χ1) is 12.6. The van der Waals surface area contributed by atoms with Crippen molar-refractivity contribution in [3.05, 3.63) is 89.5 Å². The van der Waals surface area contributed by atoms with E-state index in [0.29, 0.717) is 5.69 Å². The first-order valence-corrected chi connectivity index (χ1v) is 8.11. The van der Waals surface area contributed by atoms with Gasteiger partial charge < -0.3 is 9.47 Å². The van der Waals surface area contributed by atoms with E-state index >= 15 is 0 Å². The molecule has 0 radical (unpaired) electrons. The number of hydrogen-bond donors (Lipinski definition) is 0. The van der Waals surface area contributed by atoms with Crippen LogP contribution in [0, 0.1) is 6.92 Å². The Hall–Kier alpha value is -3.41. The minimum absolute atomic E-state index is 0.100. The maximum Gasteiger partial charge on any atom is 0.420 e. The van der Waals surface area contributed by atoms with Crippen LogP contribution < -0.4 is 0 Å². The van der Waals surface area contributed by atoms with Crippen LogP contribution >= 0.6 is 0 Å². The Morgan fingerprint density at radius 1 is 0.885 bits per heavy atom. The molecule has 132 valence electrons. The van der Waals surface area contributed by atoms with Gasteiger partial charge in [0.1, 0.15) is 13.2 Å². The lowest BCUT2D eigenvalue weighted by Crippen LogP contribution is -2.22. The van der Waals surface area contributed by atoms with E-state index in [2.05, 4.69) is 4.98 Å². The molecule has 0 amide bonds. The minimum Gasteiger partial charge on any atom is -0.455 e. The fraction of sp³-hybridized carbons (Fsp3) is 0.150. The van der Waals surface area contributed by atoms with Gasteiger partial charge in [-0.2, -0.15) is 0 Å². The van der Waals surface area contributed by atoms with Crippen LogP contribution in [0.4, 0.5) is 4.79 Å². The highest BCUT2D eigenvalue weighted by atomic mass is 16.6. The number of carbonyl (C=O) groups excluding carboxylic acids is 2. The van der Waals surface area contributed by atoms with Crippen molar-refractivity contribution in [2.24, 2.45) is 0 Å². The van der Waals surface area contributed by atoms with Crippen LogP contribution in [0.3, 0.4) is 0 Å². The van der Waals surface area contributed by atoms with E-state index in [9.17, 15) is 9.59 Å². The van der Waals surface area contributed by atoms with Crippen molar-refractivity contribution >= 4 is 12.1 Å². The molecule has 2 aromatic carbocycles. The molecule has 1 heterocycles. The molecule has 3 aromatic rings. The predicted molar refractivity (Wildman–Crippen MR) is 94.6 cm³/mol. The molecule has 26 heavy (non-hydrogen) atoms. The van der Waals surface area contributed by atoms with Crippen LogP contribution in [0.1, 0.15) is 27.4 Å². The van der Waals surface area contributed by atoms with Crippen molar-refractivity contribution < 1.29 is 19.1 Å². The number of carbonyl (C=O) groups is 2. The number of aromatic nitrogens is 2. The number of ether oxygens (including phenoxy) is 2. The molecular weight excluding hydrogens is 332 g/mol. The van der Waals surface area contributed by atoms with Gasteiger partial charge >= 0.3 is 12.1 Å². The lowest BCUT2D eigenvalue weighted by atomic mass is 10.2. The summed E-state index contributed by atoms with van der Waals surface area (Å²) in [6.07, 6.45) is 0.763.